The first kappa shape index (κ1) is 22.4. The second kappa shape index (κ2) is 10.2. The Morgan fingerprint density at radius 1 is 1.03 bits per heavy atom. The van der Waals surface area contributed by atoms with E-state index in [0.717, 1.165) is 27.8 Å². The van der Waals surface area contributed by atoms with Crippen LogP contribution in [-0.2, 0) is 11.3 Å². The predicted molar refractivity (Wildman–Crippen MR) is 128 cm³/mol. The number of rotatable bonds is 8. The molecule has 0 bridgehead atoms. The van der Waals surface area contributed by atoms with E-state index in [9.17, 15) is 9.90 Å². The summed E-state index contributed by atoms with van der Waals surface area (Å²) in [5, 5.41) is 14.4. The van der Waals surface area contributed by atoms with Gasteiger partial charge in [0.05, 0.1) is 6.04 Å². The number of ether oxygens (including phenoxy) is 2. The van der Waals surface area contributed by atoms with Gasteiger partial charge >= 0.3 is 6.09 Å². The Morgan fingerprint density at radius 2 is 1.79 bits per heavy atom. The number of aromatic nitrogens is 1. The van der Waals surface area contributed by atoms with Gasteiger partial charge in [-0.25, -0.2) is 4.79 Å². The van der Waals surface area contributed by atoms with Crippen LogP contribution in [0.15, 0.2) is 85.1 Å². The monoisotopic (exact) mass is 444 g/mol. The molecule has 6 nitrogen and oxygen atoms in total. The molecule has 2 atom stereocenters. The third-order valence-electron chi connectivity index (χ3n) is 5.74. The van der Waals surface area contributed by atoms with Crippen LogP contribution in [0.4, 0.5) is 4.79 Å². The van der Waals surface area contributed by atoms with Gasteiger partial charge in [0.15, 0.2) is 0 Å². The lowest BCUT2D eigenvalue weighted by Crippen LogP contribution is -2.32. The van der Waals surface area contributed by atoms with Crippen molar-refractivity contribution < 1.29 is 19.4 Å². The van der Waals surface area contributed by atoms with Crippen molar-refractivity contribution in [2.45, 2.75) is 25.7 Å². The molecule has 0 fully saturated rings. The van der Waals surface area contributed by atoms with Gasteiger partial charge in [-0.2, -0.15) is 0 Å². The summed E-state index contributed by atoms with van der Waals surface area (Å²) >= 11 is 0. The molecule has 0 spiro atoms. The van der Waals surface area contributed by atoms with Crippen LogP contribution in [-0.4, -0.2) is 35.5 Å². The Bertz CT molecular complexity index is 1220. The molecule has 33 heavy (non-hydrogen) atoms. The Hall–Kier alpha value is -3.77. The summed E-state index contributed by atoms with van der Waals surface area (Å²) in [5.74, 6) is 0.781. The Labute approximate surface area is 193 Å². The molecule has 0 aliphatic carbocycles. The van der Waals surface area contributed by atoms with Gasteiger partial charge in [0, 0.05) is 24.1 Å². The van der Waals surface area contributed by atoms with Crippen LogP contribution in [0, 0.1) is 6.92 Å². The summed E-state index contributed by atoms with van der Waals surface area (Å²) in [6.45, 7) is 2.45. The van der Waals surface area contributed by atoms with Crippen molar-refractivity contribution in [3.8, 4) is 5.75 Å². The molecular weight excluding hydrogens is 416 g/mol. The van der Waals surface area contributed by atoms with Crippen LogP contribution in [0.1, 0.15) is 22.7 Å². The van der Waals surface area contributed by atoms with Gasteiger partial charge in [-0.1, -0.05) is 54.6 Å². The van der Waals surface area contributed by atoms with E-state index in [1.807, 2.05) is 77.5 Å². The van der Waals surface area contributed by atoms with Gasteiger partial charge in [0.2, 0.25) is 0 Å². The van der Waals surface area contributed by atoms with E-state index in [-0.39, 0.29) is 6.61 Å². The lowest BCUT2D eigenvalue weighted by Gasteiger charge is -2.26. The van der Waals surface area contributed by atoms with Crippen LogP contribution in [0.3, 0.4) is 0 Å². The number of aliphatic hydroxyl groups excluding tert-OH is 1. The molecule has 1 heterocycles. The number of carbonyl (C=O) groups is 1. The van der Waals surface area contributed by atoms with E-state index in [0.29, 0.717) is 6.61 Å². The summed E-state index contributed by atoms with van der Waals surface area (Å²) < 4.78 is 13.2. The van der Waals surface area contributed by atoms with Crippen molar-refractivity contribution in [1.82, 2.24) is 9.88 Å². The Balaban J connectivity index is 1.60. The molecule has 170 valence electrons. The molecular formula is C27H28N2O4. The number of hydrogen-bond acceptors (Lipinski definition) is 4. The molecule has 0 saturated heterocycles. The van der Waals surface area contributed by atoms with E-state index in [4.69, 9.17) is 9.47 Å². The molecule has 1 aromatic heterocycles. The van der Waals surface area contributed by atoms with Gasteiger partial charge in [-0.05, 0) is 47.9 Å². The standard InChI is InChI=1S/C27H28N2O4/c1-19-8-6-7-11-22(19)17-32-23-12-13-24-21(16-23)14-15-29(24)26(20-9-4-3-5-10-20)25(30)18-33-27(31)28-2/h3-16,25-26,30H,17-18H2,1-2H3,(H,28,31)/t25-,26-/m0/s1. The Morgan fingerprint density at radius 3 is 2.55 bits per heavy atom. The zero-order valence-electron chi connectivity index (χ0n) is 18.8. The fourth-order valence-electron chi connectivity index (χ4n) is 3.95. The number of nitrogens with zero attached hydrogens (tertiary/aromatic N) is 1. The van der Waals surface area contributed by atoms with Crippen molar-refractivity contribution in [3.63, 3.8) is 0 Å². The summed E-state index contributed by atoms with van der Waals surface area (Å²) in [7, 11) is 1.49. The summed E-state index contributed by atoms with van der Waals surface area (Å²) in [4.78, 5) is 11.5. The Kier molecular flexibility index (Phi) is 6.95. The molecule has 0 saturated carbocycles. The number of hydrogen-bond donors (Lipinski definition) is 2. The van der Waals surface area contributed by atoms with Gasteiger partial charge in [0.1, 0.15) is 25.1 Å². The SMILES string of the molecule is CNC(=O)OC[C@H](O)[C@H](c1ccccc1)n1ccc2cc(OCc3ccccc3C)ccc21. The molecule has 4 aromatic rings. The van der Waals surface area contributed by atoms with Gasteiger partial charge in [0.25, 0.3) is 0 Å². The van der Waals surface area contributed by atoms with Crippen molar-refractivity contribution >= 4 is 17.0 Å². The van der Waals surface area contributed by atoms with Crippen molar-refractivity contribution in [3.05, 3.63) is 102 Å². The molecule has 2 N–H and O–H groups in total. The summed E-state index contributed by atoms with van der Waals surface area (Å²) in [6, 6.07) is 25.4. The van der Waals surface area contributed by atoms with Gasteiger partial charge in [-0.15, -0.1) is 0 Å². The molecule has 0 radical (unpaired) electrons. The number of benzene rings is 3. The van der Waals surface area contributed by atoms with E-state index in [1.165, 1.54) is 12.6 Å². The fourth-order valence-corrected chi connectivity index (χ4v) is 3.95. The number of fused-ring (bicyclic) bond motifs is 1. The molecule has 0 aliphatic heterocycles. The minimum atomic E-state index is -0.933. The second-order valence-corrected chi connectivity index (χ2v) is 7.93. The highest BCUT2D eigenvalue weighted by molar-refractivity contribution is 5.82. The maximum Gasteiger partial charge on any atom is 0.406 e. The minimum Gasteiger partial charge on any atom is -0.489 e. The van der Waals surface area contributed by atoms with Crippen LogP contribution in [0.5, 0.6) is 5.75 Å². The molecule has 0 aliphatic rings. The van der Waals surface area contributed by atoms with Crippen LogP contribution >= 0.6 is 0 Å². The topological polar surface area (TPSA) is 72.7 Å². The molecule has 4 rings (SSSR count). The lowest BCUT2D eigenvalue weighted by atomic mass is 10.0. The zero-order chi connectivity index (χ0) is 23.2. The number of amides is 1. The predicted octanol–water partition coefficient (Wildman–Crippen LogP) is 4.84. The smallest absolute Gasteiger partial charge is 0.406 e. The second-order valence-electron chi connectivity index (χ2n) is 7.93. The highest BCUT2D eigenvalue weighted by Gasteiger charge is 2.25. The number of alkyl carbamates (subject to hydrolysis) is 1. The number of aryl methyl sites for hydroxylation is 1. The first-order chi connectivity index (χ1) is 16.1. The highest BCUT2D eigenvalue weighted by atomic mass is 16.6. The first-order valence-corrected chi connectivity index (χ1v) is 10.9. The molecule has 0 unspecified atom stereocenters. The molecule has 3 aromatic carbocycles. The first-order valence-electron chi connectivity index (χ1n) is 10.9. The lowest BCUT2D eigenvalue weighted by molar-refractivity contribution is 0.0477. The van der Waals surface area contributed by atoms with Crippen LogP contribution < -0.4 is 10.1 Å². The normalized spacial score (nSPS) is 12.8. The van der Waals surface area contributed by atoms with Gasteiger partial charge in [-0.3, -0.25) is 0 Å². The minimum absolute atomic E-state index is 0.128. The third-order valence-corrected chi connectivity index (χ3v) is 5.74. The summed E-state index contributed by atoms with van der Waals surface area (Å²) in [5.41, 5.74) is 4.22. The van der Waals surface area contributed by atoms with E-state index in [2.05, 4.69) is 24.4 Å². The average Bonchev–Trinajstić information content (AvgIpc) is 3.25. The van der Waals surface area contributed by atoms with E-state index < -0.39 is 18.2 Å². The zero-order valence-corrected chi connectivity index (χ0v) is 18.8. The van der Waals surface area contributed by atoms with E-state index in [1.54, 1.807) is 0 Å². The number of aliphatic hydroxyl groups is 1. The quantitative estimate of drug-likeness (QED) is 0.408. The maximum absolute atomic E-state index is 11.5. The van der Waals surface area contributed by atoms with E-state index >= 15 is 0 Å². The summed E-state index contributed by atoms with van der Waals surface area (Å²) in [6.07, 6.45) is 0.433. The van der Waals surface area contributed by atoms with Gasteiger partial charge < -0.3 is 24.5 Å². The fraction of sp³-hybridized carbons (Fsp3) is 0.222. The average molecular weight is 445 g/mol. The highest BCUT2D eigenvalue weighted by Crippen LogP contribution is 2.30. The maximum atomic E-state index is 11.5. The molecule has 6 heteroatoms. The van der Waals surface area contributed by atoms with Crippen molar-refractivity contribution in [1.29, 1.82) is 0 Å². The third kappa shape index (κ3) is 5.18. The largest absolute Gasteiger partial charge is 0.489 e. The van der Waals surface area contributed by atoms with Crippen molar-refractivity contribution in [2.75, 3.05) is 13.7 Å². The number of nitrogens with one attached hydrogen (secondary N) is 1. The molecule has 1 amide bonds. The van der Waals surface area contributed by atoms with Crippen LogP contribution in [0.2, 0.25) is 0 Å². The van der Waals surface area contributed by atoms with Crippen molar-refractivity contribution in [2.24, 2.45) is 0 Å². The van der Waals surface area contributed by atoms with Crippen LogP contribution in [0.25, 0.3) is 10.9 Å². The number of carbonyl (C=O) groups excluding carboxylic acids is 1.